The van der Waals surface area contributed by atoms with Crippen molar-refractivity contribution in [3.05, 3.63) is 29.3 Å². The minimum Gasteiger partial charge on any atom is -0.480 e. The maximum absolute atomic E-state index is 12.2. The second-order valence-corrected chi connectivity index (χ2v) is 5.73. The summed E-state index contributed by atoms with van der Waals surface area (Å²) in [6, 6.07) is 5.23. The van der Waals surface area contributed by atoms with E-state index in [0.717, 1.165) is 9.78 Å². The molecule has 0 aliphatic carbocycles. The maximum atomic E-state index is 12.2. The van der Waals surface area contributed by atoms with Crippen LogP contribution in [-0.4, -0.2) is 39.6 Å². The number of rotatable bonds is 4. The average Bonchev–Trinajstić information content (AvgIpc) is 3.06. The van der Waals surface area contributed by atoms with Crippen molar-refractivity contribution in [2.45, 2.75) is 19.4 Å². The molecule has 0 radical (unpaired) electrons. The maximum Gasteiger partial charge on any atom is 0.329 e. The third-order valence-electron chi connectivity index (χ3n) is 3.16. The Morgan fingerprint density at radius 3 is 2.70 bits per heavy atom. The van der Waals surface area contributed by atoms with E-state index < -0.39 is 17.4 Å². The lowest BCUT2D eigenvalue weighted by Crippen LogP contribution is -2.50. The largest absolute Gasteiger partial charge is 0.480 e. The van der Waals surface area contributed by atoms with Crippen molar-refractivity contribution < 1.29 is 19.2 Å². The van der Waals surface area contributed by atoms with Crippen molar-refractivity contribution in [3.63, 3.8) is 0 Å². The van der Waals surface area contributed by atoms with Crippen molar-refractivity contribution in [1.29, 1.82) is 0 Å². The summed E-state index contributed by atoms with van der Waals surface area (Å²) < 4.78 is 5.12. The Balaban J connectivity index is 2.24. The summed E-state index contributed by atoms with van der Waals surface area (Å²) in [5.74, 6) is -1.09. The lowest BCUT2D eigenvalue weighted by molar-refractivity contribution is -0.147. The van der Waals surface area contributed by atoms with E-state index in [1.165, 1.54) is 38.3 Å². The minimum absolute atomic E-state index is 0.0882. The van der Waals surface area contributed by atoms with Gasteiger partial charge in [0.05, 0.1) is 4.88 Å². The van der Waals surface area contributed by atoms with Crippen LogP contribution >= 0.6 is 11.3 Å². The molecule has 0 spiro atoms. The molecule has 2 aromatic rings. The summed E-state index contributed by atoms with van der Waals surface area (Å²) in [6.07, 6.45) is 0. The zero-order valence-electron chi connectivity index (χ0n) is 11.3. The Labute approximate surface area is 119 Å². The van der Waals surface area contributed by atoms with Gasteiger partial charge in [-0.05, 0) is 25.3 Å². The standard InChI is InChI=1S/C13H14N2O4S/c1-13(2,12(17)18)15(3)11(16)8-7-9(19-14-8)10-5-4-6-20-10/h4-7H,1-3H3,(H,17,18). The van der Waals surface area contributed by atoms with Gasteiger partial charge in [0.1, 0.15) is 5.54 Å². The van der Waals surface area contributed by atoms with Gasteiger partial charge in [-0.1, -0.05) is 11.2 Å². The van der Waals surface area contributed by atoms with Gasteiger partial charge in [-0.2, -0.15) is 0 Å². The molecule has 0 aromatic carbocycles. The molecule has 106 valence electrons. The number of carbonyl (C=O) groups is 2. The van der Waals surface area contributed by atoms with Crippen LogP contribution in [0.2, 0.25) is 0 Å². The first-order valence-corrected chi connectivity index (χ1v) is 6.74. The molecule has 2 aromatic heterocycles. The molecule has 0 saturated carbocycles. The number of hydrogen-bond acceptors (Lipinski definition) is 5. The number of amides is 1. The monoisotopic (exact) mass is 294 g/mol. The summed E-state index contributed by atoms with van der Waals surface area (Å²) in [5, 5.41) is 14.7. The summed E-state index contributed by atoms with van der Waals surface area (Å²) in [4.78, 5) is 25.4. The number of hydrogen-bond donors (Lipinski definition) is 1. The number of thiophene rings is 1. The van der Waals surface area contributed by atoms with Crippen LogP contribution in [0.5, 0.6) is 0 Å². The van der Waals surface area contributed by atoms with Crippen LogP contribution < -0.4 is 0 Å². The molecule has 1 amide bonds. The molecule has 0 unspecified atom stereocenters. The van der Waals surface area contributed by atoms with Gasteiger partial charge in [-0.25, -0.2) is 4.79 Å². The van der Waals surface area contributed by atoms with Crippen molar-refractivity contribution >= 4 is 23.2 Å². The molecular formula is C13H14N2O4S. The number of nitrogens with zero attached hydrogens (tertiary/aromatic N) is 2. The van der Waals surface area contributed by atoms with Crippen molar-refractivity contribution in [2.75, 3.05) is 7.05 Å². The van der Waals surface area contributed by atoms with Crippen LogP contribution in [0.3, 0.4) is 0 Å². The third kappa shape index (κ3) is 2.44. The molecular weight excluding hydrogens is 280 g/mol. The van der Waals surface area contributed by atoms with Gasteiger partial charge in [0, 0.05) is 13.1 Å². The average molecular weight is 294 g/mol. The fourth-order valence-corrected chi connectivity index (χ4v) is 2.15. The molecule has 2 heterocycles. The highest BCUT2D eigenvalue weighted by Crippen LogP contribution is 2.26. The van der Waals surface area contributed by atoms with E-state index in [9.17, 15) is 9.59 Å². The van der Waals surface area contributed by atoms with Gasteiger partial charge >= 0.3 is 5.97 Å². The molecule has 0 aliphatic rings. The van der Waals surface area contributed by atoms with Crippen LogP contribution in [-0.2, 0) is 4.79 Å². The van der Waals surface area contributed by atoms with Crippen LogP contribution in [0.4, 0.5) is 0 Å². The molecule has 0 atom stereocenters. The van der Waals surface area contributed by atoms with Gasteiger partial charge in [-0.15, -0.1) is 11.3 Å². The fraction of sp³-hybridized carbons (Fsp3) is 0.308. The van der Waals surface area contributed by atoms with E-state index >= 15 is 0 Å². The minimum atomic E-state index is -1.32. The van der Waals surface area contributed by atoms with E-state index in [4.69, 9.17) is 9.63 Å². The van der Waals surface area contributed by atoms with Gasteiger partial charge < -0.3 is 14.5 Å². The Hall–Kier alpha value is -2.15. The van der Waals surface area contributed by atoms with Crippen molar-refractivity contribution in [2.24, 2.45) is 0 Å². The lowest BCUT2D eigenvalue weighted by Gasteiger charge is -2.30. The molecule has 0 aliphatic heterocycles. The number of carboxylic acid groups (broad SMARTS) is 1. The van der Waals surface area contributed by atoms with E-state index in [2.05, 4.69) is 5.16 Å². The molecule has 20 heavy (non-hydrogen) atoms. The van der Waals surface area contributed by atoms with E-state index in [1.807, 2.05) is 17.5 Å². The first kappa shape index (κ1) is 14.3. The molecule has 2 rings (SSSR count). The first-order valence-electron chi connectivity index (χ1n) is 5.86. The smallest absolute Gasteiger partial charge is 0.329 e. The number of carboxylic acids is 1. The zero-order valence-corrected chi connectivity index (χ0v) is 12.1. The molecule has 0 bridgehead atoms. The van der Waals surface area contributed by atoms with Gasteiger partial charge in [0.15, 0.2) is 11.5 Å². The molecule has 1 N–H and O–H groups in total. The van der Waals surface area contributed by atoms with Crippen molar-refractivity contribution in [3.8, 4) is 10.6 Å². The zero-order chi connectivity index (χ0) is 14.9. The number of aliphatic carboxylic acids is 1. The molecule has 0 fully saturated rings. The second-order valence-electron chi connectivity index (χ2n) is 4.78. The van der Waals surface area contributed by atoms with Gasteiger partial charge in [0.2, 0.25) is 0 Å². The predicted molar refractivity (Wildman–Crippen MR) is 73.6 cm³/mol. The van der Waals surface area contributed by atoms with Crippen LogP contribution in [0.25, 0.3) is 10.6 Å². The summed E-state index contributed by atoms with van der Waals surface area (Å²) in [6.45, 7) is 2.90. The van der Waals surface area contributed by atoms with E-state index in [-0.39, 0.29) is 5.69 Å². The highest BCUT2D eigenvalue weighted by Gasteiger charge is 2.36. The highest BCUT2D eigenvalue weighted by molar-refractivity contribution is 7.13. The van der Waals surface area contributed by atoms with E-state index in [0.29, 0.717) is 5.76 Å². The quantitative estimate of drug-likeness (QED) is 0.935. The summed E-state index contributed by atoms with van der Waals surface area (Å²) in [5.41, 5.74) is -1.23. The van der Waals surface area contributed by atoms with Crippen LogP contribution in [0.15, 0.2) is 28.1 Å². The normalized spacial score (nSPS) is 11.3. The summed E-state index contributed by atoms with van der Waals surface area (Å²) in [7, 11) is 1.43. The predicted octanol–water partition coefficient (Wildman–Crippen LogP) is 2.34. The first-order chi connectivity index (χ1) is 9.34. The Morgan fingerprint density at radius 1 is 1.45 bits per heavy atom. The van der Waals surface area contributed by atoms with Gasteiger partial charge in [0.25, 0.3) is 5.91 Å². The number of likely N-dealkylation sites (N-methyl/N-ethyl adjacent to an activating group) is 1. The van der Waals surface area contributed by atoms with Gasteiger partial charge in [-0.3, -0.25) is 4.79 Å². The third-order valence-corrected chi connectivity index (χ3v) is 4.04. The SMILES string of the molecule is CN(C(=O)c1cc(-c2cccs2)on1)C(C)(C)C(=O)O. The van der Waals surface area contributed by atoms with E-state index in [1.54, 1.807) is 0 Å². The Morgan fingerprint density at radius 2 is 2.15 bits per heavy atom. The Bertz CT molecular complexity index is 631. The topological polar surface area (TPSA) is 83.6 Å². The molecule has 6 nitrogen and oxygen atoms in total. The van der Waals surface area contributed by atoms with Crippen LogP contribution in [0, 0.1) is 0 Å². The lowest BCUT2D eigenvalue weighted by atomic mass is 10.0. The number of carbonyl (C=O) groups excluding carboxylic acids is 1. The second kappa shape index (κ2) is 5.09. The fourth-order valence-electron chi connectivity index (χ4n) is 1.48. The molecule has 7 heteroatoms. The summed E-state index contributed by atoms with van der Waals surface area (Å²) >= 11 is 1.47. The number of aromatic nitrogens is 1. The van der Waals surface area contributed by atoms with Crippen molar-refractivity contribution in [1.82, 2.24) is 10.1 Å². The molecule has 0 saturated heterocycles. The van der Waals surface area contributed by atoms with Crippen LogP contribution in [0.1, 0.15) is 24.3 Å². The Kier molecular flexibility index (Phi) is 3.63. The highest BCUT2D eigenvalue weighted by atomic mass is 32.1.